The number of halogens is 1. The van der Waals surface area contributed by atoms with Crippen molar-refractivity contribution in [1.29, 1.82) is 0 Å². The van der Waals surface area contributed by atoms with E-state index in [1.165, 1.54) is 13.0 Å². The van der Waals surface area contributed by atoms with Crippen molar-refractivity contribution in [3.8, 4) is 11.5 Å². The van der Waals surface area contributed by atoms with Crippen molar-refractivity contribution >= 4 is 38.9 Å². The van der Waals surface area contributed by atoms with Crippen molar-refractivity contribution < 1.29 is 22.7 Å². The first-order chi connectivity index (χ1) is 12.8. The summed E-state index contributed by atoms with van der Waals surface area (Å²) in [6.45, 7) is 2.41. The minimum absolute atomic E-state index is 0.315. The Balaban J connectivity index is 1.84. The van der Waals surface area contributed by atoms with E-state index >= 15 is 0 Å². The van der Waals surface area contributed by atoms with Crippen LogP contribution in [0.2, 0.25) is 5.02 Å². The molecule has 0 saturated carbocycles. The molecule has 0 spiro atoms. The highest BCUT2D eigenvalue weighted by molar-refractivity contribution is 7.92. The number of ether oxygens (including phenoxy) is 2. The third-order valence-corrected chi connectivity index (χ3v) is 5.44. The Hall–Kier alpha value is -2.45. The molecule has 2 aromatic carbocycles. The molecule has 1 heterocycles. The van der Waals surface area contributed by atoms with Gasteiger partial charge in [-0.1, -0.05) is 17.7 Å². The number of hydrogen-bond acceptors (Lipinski definition) is 5. The third-order valence-electron chi connectivity index (χ3n) is 3.96. The number of amides is 1. The summed E-state index contributed by atoms with van der Waals surface area (Å²) < 4.78 is 36.6. The molecule has 9 heteroatoms. The van der Waals surface area contributed by atoms with Crippen molar-refractivity contribution in [2.75, 3.05) is 29.1 Å². The normalized spacial score (nSPS) is 14.3. The number of nitrogens with zero attached hydrogens (tertiary/aromatic N) is 1. The molecule has 144 valence electrons. The standard InChI is InChI=1S/C18H19ClN2O5S/c1-12(21(27(2,23)24)15-5-3-4-13(19)10-15)18(22)20-14-6-7-16-17(11-14)26-9-8-25-16/h3-7,10-12H,8-9H2,1-2H3,(H,20,22)/t12-/m0/s1. The third kappa shape index (κ3) is 4.45. The van der Waals surface area contributed by atoms with Gasteiger partial charge in [0.05, 0.1) is 11.9 Å². The number of hydrogen-bond donors (Lipinski definition) is 1. The first-order valence-corrected chi connectivity index (χ1v) is 10.4. The minimum Gasteiger partial charge on any atom is -0.486 e. The molecule has 1 amide bonds. The molecule has 1 atom stereocenters. The molecule has 7 nitrogen and oxygen atoms in total. The molecule has 27 heavy (non-hydrogen) atoms. The Morgan fingerprint density at radius 2 is 1.85 bits per heavy atom. The fraction of sp³-hybridized carbons (Fsp3) is 0.278. The lowest BCUT2D eigenvalue weighted by molar-refractivity contribution is -0.116. The van der Waals surface area contributed by atoms with Crippen molar-refractivity contribution in [2.24, 2.45) is 0 Å². The van der Waals surface area contributed by atoms with Crippen molar-refractivity contribution in [3.63, 3.8) is 0 Å². The highest BCUT2D eigenvalue weighted by Gasteiger charge is 2.29. The Kier molecular flexibility index (Phi) is 5.48. The van der Waals surface area contributed by atoms with Crippen LogP contribution in [0.3, 0.4) is 0 Å². The van der Waals surface area contributed by atoms with Crippen LogP contribution in [-0.2, 0) is 14.8 Å². The molecule has 3 rings (SSSR count). The van der Waals surface area contributed by atoms with Gasteiger partial charge in [0.25, 0.3) is 0 Å². The van der Waals surface area contributed by atoms with Crippen molar-refractivity contribution in [3.05, 3.63) is 47.5 Å². The van der Waals surface area contributed by atoms with Gasteiger partial charge in [-0.3, -0.25) is 9.10 Å². The molecule has 0 unspecified atom stereocenters. The topological polar surface area (TPSA) is 84.9 Å². The predicted octanol–water partition coefficient (Wildman–Crippen LogP) is 2.90. The van der Waals surface area contributed by atoms with Crippen LogP contribution in [0.1, 0.15) is 6.92 Å². The predicted molar refractivity (Wildman–Crippen MR) is 104 cm³/mol. The number of nitrogens with one attached hydrogen (secondary N) is 1. The summed E-state index contributed by atoms with van der Waals surface area (Å²) in [5.41, 5.74) is 0.797. The van der Waals surface area contributed by atoms with Gasteiger partial charge in [0, 0.05) is 16.8 Å². The molecular formula is C18H19ClN2O5S. The van der Waals surface area contributed by atoms with Gasteiger partial charge in [-0.2, -0.15) is 0 Å². The summed E-state index contributed by atoms with van der Waals surface area (Å²) in [7, 11) is -3.72. The van der Waals surface area contributed by atoms with Gasteiger partial charge >= 0.3 is 0 Å². The summed E-state index contributed by atoms with van der Waals surface area (Å²) >= 11 is 5.97. The smallest absolute Gasteiger partial charge is 0.247 e. The Labute approximate surface area is 162 Å². The molecule has 1 aliphatic rings. The highest BCUT2D eigenvalue weighted by atomic mass is 35.5. The number of benzene rings is 2. The van der Waals surface area contributed by atoms with Gasteiger partial charge in [0.15, 0.2) is 11.5 Å². The van der Waals surface area contributed by atoms with E-state index in [2.05, 4.69) is 5.32 Å². The molecule has 0 bridgehead atoms. The Bertz CT molecular complexity index is 964. The number of carbonyl (C=O) groups excluding carboxylic acids is 1. The fourth-order valence-corrected chi connectivity index (χ4v) is 4.14. The largest absolute Gasteiger partial charge is 0.486 e. The van der Waals surface area contributed by atoms with Crippen LogP contribution in [0.5, 0.6) is 11.5 Å². The summed E-state index contributed by atoms with van der Waals surface area (Å²) in [6.07, 6.45) is 1.04. The van der Waals surface area contributed by atoms with E-state index in [1.807, 2.05) is 0 Å². The first kappa shape index (κ1) is 19.3. The zero-order chi connectivity index (χ0) is 19.6. The summed E-state index contributed by atoms with van der Waals surface area (Å²) in [5, 5.41) is 3.09. The number of rotatable bonds is 5. The maximum atomic E-state index is 12.7. The molecule has 0 saturated heterocycles. The molecule has 0 aromatic heterocycles. The molecule has 1 aliphatic heterocycles. The SMILES string of the molecule is C[C@@H](C(=O)Nc1ccc2c(c1)OCCO2)N(c1cccc(Cl)c1)S(C)(=O)=O. The Morgan fingerprint density at radius 1 is 1.15 bits per heavy atom. The van der Waals surface area contributed by atoms with Crippen LogP contribution in [0.15, 0.2) is 42.5 Å². The van der Waals surface area contributed by atoms with Crippen LogP contribution in [-0.4, -0.2) is 39.8 Å². The second-order valence-corrected chi connectivity index (χ2v) is 8.36. The minimum atomic E-state index is -3.72. The number of carbonyl (C=O) groups is 1. The lowest BCUT2D eigenvalue weighted by atomic mass is 10.2. The molecule has 0 aliphatic carbocycles. The van der Waals surface area contributed by atoms with Crippen LogP contribution >= 0.6 is 11.6 Å². The van der Waals surface area contributed by atoms with E-state index in [0.717, 1.165) is 10.6 Å². The molecule has 1 N–H and O–H groups in total. The van der Waals surface area contributed by atoms with E-state index in [9.17, 15) is 13.2 Å². The molecule has 2 aromatic rings. The lowest BCUT2D eigenvalue weighted by Crippen LogP contribution is -2.45. The fourth-order valence-electron chi connectivity index (χ4n) is 2.79. The van der Waals surface area contributed by atoms with E-state index in [-0.39, 0.29) is 0 Å². The Morgan fingerprint density at radius 3 is 2.52 bits per heavy atom. The van der Waals surface area contributed by atoms with E-state index in [4.69, 9.17) is 21.1 Å². The maximum Gasteiger partial charge on any atom is 0.247 e. The van der Waals surface area contributed by atoms with E-state index in [0.29, 0.717) is 41.1 Å². The van der Waals surface area contributed by atoms with E-state index in [1.54, 1.807) is 36.4 Å². The summed E-state index contributed by atoms with van der Waals surface area (Å²) in [4.78, 5) is 12.7. The van der Waals surface area contributed by atoms with Crippen LogP contribution in [0.25, 0.3) is 0 Å². The number of fused-ring (bicyclic) bond motifs is 1. The lowest BCUT2D eigenvalue weighted by Gasteiger charge is -2.28. The van der Waals surface area contributed by atoms with Crippen LogP contribution < -0.4 is 19.1 Å². The van der Waals surface area contributed by atoms with E-state index < -0.39 is 22.0 Å². The van der Waals surface area contributed by atoms with Crippen molar-refractivity contribution in [2.45, 2.75) is 13.0 Å². The second-order valence-electron chi connectivity index (χ2n) is 6.06. The molecule has 0 radical (unpaired) electrons. The maximum absolute atomic E-state index is 12.7. The van der Waals surface area contributed by atoms with Crippen molar-refractivity contribution in [1.82, 2.24) is 0 Å². The van der Waals surface area contributed by atoms with Gasteiger partial charge in [-0.05, 0) is 37.3 Å². The quantitative estimate of drug-likeness (QED) is 0.819. The molecule has 0 fully saturated rings. The molecular weight excluding hydrogens is 392 g/mol. The van der Waals surface area contributed by atoms with Gasteiger partial charge in [-0.25, -0.2) is 8.42 Å². The number of anilines is 2. The zero-order valence-electron chi connectivity index (χ0n) is 14.8. The monoisotopic (exact) mass is 410 g/mol. The van der Waals surface area contributed by atoms with Gasteiger partial charge in [0.1, 0.15) is 19.3 Å². The summed E-state index contributed by atoms with van der Waals surface area (Å²) in [5.74, 6) is 0.641. The average Bonchev–Trinajstić information content (AvgIpc) is 2.60. The highest BCUT2D eigenvalue weighted by Crippen LogP contribution is 2.33. The average molecular weight is 411 g/mol. The number of sulfonamides is 1. The van der Waals surface area contributed by atoms with Gasteiger partial charge < -0.3 is 14.8 Å². The summed E-state index contributed by atoms with van der Waals surface area (Å²) in [6, 6.07) is 10.3. The first-order valence-electron chi connectivity index (χ1n) is 8.21. The zero-order valence-corrected chi connectivity index (χ0v) is 16.4. The second kappa shape index (κ2) is 7.66. The van der Waals surface area contributed by atoms with Gasteiger partial charge in [0.2, 0.25) is 15.9 Å². The van der Waals surface area contributed by atoms with Crippen LogP contribution in [0.4, 0.5) is 11.4 Å². The van der Waals surface area contributed by atoms with Crippen LogP contribution in [0, 0.1) is 0 Å². The van der Waals surface area contributed by atoms with Gasteiger partial charge in [-0.15, -0.1) is 0 Å².